The van der Waals surface area contributed by atoms with Crippen molar-refractivity contribution in [2.45, 2.75) is 40.0 Å². The lowest BCUT2D eigenvalue weighted by Crippen LogP contribution is -2.43. The van der Waals surface area contributed by atoms with Gasteiger partial charge in [-0.05, 0) is 38.7 Å². The smallest absolute Gasteiger partial charge is 0.348 e. The van der Waals surface area contributed by atoms with Crippen LogP contribution in [0.25, 0.3) is 10.2 Å². The van der Waals surface area contributed by atoms with Crippen molar-refractivity contribution in [1.82, 2.24) is 15.3 Å². The third kappa shape index (κ3) is 3.90. The van der Waals surface area contributed by atoms with Gasteiger partial charge in [-0.15, -0.1) is 11.3 Å². The fraction of sp³-hybridized carbons (Fsp3) is 0.579. The fourth-order valence-corrected chi connectivity index (χ4v) is 4.65. The number of amides is 1. The highest BCUT2D eigenvalue weighted by Crippen LogP contribution is 2.37. The number of hydrogen-bond acceptors (Lipinski definition) is 7. The van der Waals surface area contributed by atoms with Crippen LogP contribution in [-0.4, -0.2) is 48.6 Å². The molecule has 3 rings (SSSR count). The number of carbonyl (C=O) groups excluding carboxylic acids is 2. The van der Waals surface area contributed by atoms with Gasteiger partial charge in [0.25, 0.3) is 0 Å². The second-order valence-electron chi connectivity index (χ2n) is 6.90. The number of methoxy groups -OCH3 is 1. The molecular weight excluding hydrogens is 364 g/mol. The summed E-state index contributed by atoms with van der Waals surface area (Å²) in [5.74, 6) is 1.19. The Labute approximate surface area is 163 Å². The highest BCUT2D eigenvalue weighted by molar-refractivity contribution is 7.20. The molecule has 1 fully saturated rings. The first-order chi connectivity index (χ1) is 13.0. The Morgan fingerprint density at radius 1 is 1.33 bits per heavy atom. The summed E-state index contributed by atoms with van der Waals surface area (Å²) < 4.78 is 4.91. The SMILES string of the molecule is CCCNC(=O)C1CCCN(c2nc(C)nc3sc(C(=O)OC)c(C)c23)C1. The molecule has 1 atom stereocenters. The van der Waals surface area contributed by atoms with Crippen molar-refractivity contribution in [2.24, 2.45) is 5.92 Å². The second-order valence-corrected chi connectivity index (χ2v) is 7.90. The molecule has 1 aliphatic heterocycles. The summed E-state index contributed by atoms with van der Waals surface area (Å²) in [4.78, 5) is 37.2. The molecule has 1 N–H and O–H groups in total. The van der Waals surface area contributed by atoms with Crippen LogP contribution in [0, 0.1) is 19.8 Å². The number of nitrogens with one attached hydrogen (secondary N) is 1. The largest absolute Gasteiger partial charge is 0.465 e. The molecule has 1 saturated heterocycles. The van der Waals surface area contributed by atoms with Crippen LogP contribution in [0.1, 0.15) is 47.2 Å². The zero-order chi connectivity index (χ0) is 19.6. The van der Waals surface area contributed by atoms with Gasteiger partial charge in [0.05, 0.1) is 18.4 Å². The number of fused-ring (bicyclic) bond motifs is 1. The van der Waals surface area contributed by atoms with E-state index in [1.165, 1.54) is 18.4 Å². The summed E-state index contributed by atoms with van der Waals surface area (Å²) in [5, 5.41) is 3.89. The van der Waals surface area contributed by atoms with Crippen molar-refractivity contribution in [3.05, 3.63) is 16.3 Å². The number of nitrogens with zero attached hydrogens (tertiary/aromatic N) is 3. The number of aromatic nitrogens is 2. The number of esters is 1. The quantitative estimate of drug-likeness (QED) is 0.791. The summed E-state index contributed by atoms with van der Waals surface area (Å²) in [6.07, 6.45) is 2.75. The molecule has 3 heterocycles. The summed E-state index contributed by atoms with van der Waals surface area (Å²) in [6, 6.07) is 0. The van der Waals surface area contributed by atoms with Crippen LogP contribution in [0.4, 0.5) is 5.82 Å². The maximum absolute atomic E-state index is 12.4. The molecule has 1 unspecified atom stereocenters. The Morgan fingerprint density at radius 2 is 2.11 bits per heavy atom. The number of anilines is 1. The van der Waals surface area contributed by atoms with Crippen LogP contribution in [0.3, 0.4) is 0 Å². The normalized spacial score (nSPS) is 17.2. The van der Waals surface area contributed by atoms with Crippen molar-refractivity contribution < 1.29 is 14.3 Å². The van der Waals surface area contributed by atoms with Gasteiger partial charge < -0.3 is 15.0 Å². The molecule has 1 amide bonds. The molecule has 0 radical (unpaired) electrons. The molecule has 2 aromatic rings. The van der Waals surface area contributed by atoms with Gasteiger partial charge in [0.2, 0.25) is 5.91 Å². The predicted octanol–water partition coefficient (Wildman–Crippen LogP) is 2.84. The first kappa shape index (κ1) is 19.5. The van der Waals surface area contributed by atoms with E-state index in [1.807, 2.05) is 20.8 Å². The van der Waals surface area contributed by atoms with Crippen LogP contribution in [0.15, 0.2) is 0 Å². The van der Waals surface area contributed by atoms with Crippen molar-refractivity contribution in [3.8, 4) is 0 Å². The molecule has 0 saturated carbocycles. The second kappa shape index (κ2) is 8.21. The van der Waals surface area contributed by atoms with Gasteiger partial charge in [0.1, 0.15) is 21.3 Å². The molecule has 0 aliphatic carbocycles. The number of thiophene rings is 1. The van der Waals surface area contributed by atoms with Crippen molar-refractivity contribution >= 4 is 39.2 Å². The monoisotopic (exact) mass is 390 g/mol. The summed E-state index contributed by atoms with van der Waals surface area (Å²) in [5.41, 5.74) is 0.842. The zero-order valence-corrected chi connectivity index (χ0v) is 17.1. The standard InChI is InChI=1S/C19H26N4O3S/c1-5-8-20-17(24)13-7-6-9-23(10-13)16-14-11(2)15(19(25)26-4)27-18(14)22-12(3)21-16/h13H,5-10H2,1-4H3,(H,20,24). The minimum atomic E-state index is -0.352. The van der Waals surface area contributed by atoms with Crippen molar-refractivity contribution in [3.63, 3.8) is 0 Å². The third-order valence-corrected chi connectivity index (χ3v) is 6.06. The first-order valence-electron chi connectivity index (χ1n) is 9.35. The van der Waals surface area contributed by atoms with Gasteiger partial charge in [-0.25, -0.2) is 14.8 Å². The molecule has 0 bridgehead atoms. The molecule has 0 spiro atoms. The minimum Gasteiger partial charge on any atom is -0.465 e. The molecular formula is C19H26N4O3S. The lowest BCUT2D eigenvalue weighted by molar-refractivity contribution is -0.125. The minimum absolute atomic E-state index is 0.0466. The molecule has 2 aromatic heterocycles. The number of aryl methyl sites for hydroxylation is 2. The van der Waals surface area contributed by atoms with E-state index in [-0.39, 0.29) is 17.8 Å². The van der Waals surface area contributed by atoms with Crippen LogP contribution in [-0.2, 0) is 9.53 Å². The van der Waals surface area contributed by atoms with Gasteiger partial charge in [0, 0.05) is 19.6 Å². The maximum Gasteiger partial charge on any atom is 0.348 e. The van der Waals surface area contributed by atoms with Gasteiger partial charge in [-0.2, -0.15) is 0 Å². The fourth-order valence-electron chi connectivity index (χ4n) is 3.51. The van der Waals surface area contributed by atoms with E-state index in [2.05, 4.69) is 20.2 Å². The number of piperidine rings is 1. The lowest BCUT2D eigenvalue weighted by Gasteiger charge is -2.33. The van der Waals surface area contributed by atoms with Gasteiger partial charge in [-0.3, -0.25) is 4.79 Å². The number of ether oxygens (including phenoxy) is 1. The molecule has 1 aliphatic rings. The predicted molar refractivity (Wildman–Crippen MR) is 106 cm³/mol. The van der Waals surface area contributed by atoms with E-state index in [4.69, 9.17) is 4.74 Å². The first-order valence-corrected chi connectivity index (χ1v) is 10.2. The van der Waals surface area contributed by atoms with Crippen LogP contribution in [0.2, 0.25) is 0 Å². The van der Waals surface area contributed by atoms with Crippen LogP contribution in [0.5, 0.6) is 0 Å². The Balaban J connectivity index is 1.96. The van der Waals surface area contributed by atoms with Crippen LogP contribution < -0.4 is 10.2 Å². The van der Waals surface area contributed by atoms with E-state index in [0.717, 1.165) is 47.4 Å². The Hall–Kier alpha value is -2.22. The highest BCUT2D eigenvalue weighted by atomic mass is 32.1. The van der Waals surface area contributed by atoms with Gasteiger partial charge in [-0.1, -0.05) is 6.92 Å². The summed E-state index contributed by atoms with van der Waals surface area (Å²) >= 11 is 1.34. The van der Waals surface area contributed by atoms with Crippen LogP contribution >= 0.6 is 11.3 Å². The number of carbonyl (C=O) groups is 2. The highest BCUT2D eigenvalue weighted by Gasteiger charge is 2.29. The van der Waals surface area contributed by atoms with Gasteiger partial charge >= 0.3 is 5.97 Å². The molecule has 7 nitrogen and oxygen atoms in total. The molecule has 8 heteroatoms. The molecule has 0 aromatic carbocycles. The van der Waals surface area contributed by atoms with Gasteiger partial charge in [0.15, 0.2) is 0 Å². The Bertz CT molecular complexity index is 864. The summed E-state index contributed by atoms with van der Waals surface area (Å²) in [6.45, 7) is 7.98. The lowest BCUT2D eigenvalue weighted by atomic mass is 9.96. The molecule has 27 heavy (non-hydrogen) atoms. The average molecular weight is 391 g/mol. The zero-order valence-electron chi connectivity index (χ0n) is 16.3. The third-order valence-electron chi connectivity index (χ3n) is 4.89. The average Bonchev–Trinajstić information content (AvgIpc) is 3.01. The topological polar surface area (TPSA) is 84.4 Å². The van der Waals surface area contributed by atoms with Crippen molar-refractivity contribution in [2.75, 3.05) is 31.6 Å². The van der Waals surface area contributed by atoms with E-state index in [0.29, 0.717) is 23.8 Å². The number of rotatable bonds is 5. The maximum atomic E-state index is 12.4. The molecule has 146 valence electrons. The van der Waals surface area contributed by atoms with E-state index in [9.17, 15) is 9.59 Å². The van der Waals surface area contributed by atoms with E-state index < -0.39 is 0 Å². The summed E-state index contributed by atoms with van der Waals surface area (Å²) in [7, 11) is 1.38. The Morgan fingerprint density at radius 3 is 2.81 bits per heavy atom. The van der Waals surface area contributed by atoms with Crippen molar-refractivity contribution in [1.29, 1.82) is 0 Å². The van der Waals surface area contributed by atoms with E-state index >= 15 is 0 Å². The van der Waals surface area contributed by atoms with E-state index in [1.54, 1.807) is 0 Å². The number of hydrogen-bond donors (Lipinski definition) is 1. The Kier molecular flexibility index (Phi) is 5.94.